The molecule has 0 saturated heterocycles. The molecule has 2 fully saturated rings. The predicted molar refractivity (Wildman–Crippen MR) is 123 cm³/mol. The molecule has 1 heterocycles. The third-order valence-electron chi connectivity index (χ3n) is 7.70. The number of rotatable bonds is 4. The lowest BCUT2D eigenvalue weighted by molar-refractivity contribution is -0.202. The Bertz CT molecular complexity index is 906. The molecule has 2 saturated carbocycles. The SMILES string of the molecule is O=C(c1ccc(Cl)cc1)c1ccc2c(c1)C(C1CCCCC1)(C1CCCCC1)OCO2. The summed E-state index contributed by atoms with van der Waals surface area (Å²) in [5, 5.41) is 0.636. The van der Waals surface area contributed by atoms with Crippen molar-refractivity contribution in [2.75, 3.05) is 6.79 Å². The largest absolute Gasteiger partial charge is 0.467 e. The average Bonchev–Trinajstić information content (AvgIpc) is 2.84. The molecule has 1 aliphatic heterocycles. The molecule has 0 radical (unpaired) electrons. The van der Waals surface area contributed by atoms with Crippen molar-refractivity contribution in [2.24, 2.45) is 11.8 Å². The summed E-state index contributed by atoms with van der Waals surface area (Å²) in [5.74, 6) is 1.90. The van der Waals surface area contributed by atoms with Gasteiger partial charge in [0.05, 0.1) is 0 Å². The maximum Gasteiger partial charge on any atom is 0.193 e. The minimum atomic E-state index is -0.329. The van der Waals surface area contributed by atoms with E-state index in [-0.39, 0.29) is 11.4 Å². The molecule has 0 aromatic heterocycles. The Kier molecular flexibility index (Phi) is 6.08. The molecule has 0 spiro atoms. The van der Waals surface area contributed by atoms with Crippen molar-refractivity contribution in [1.82, 2.24) is 0 Å². The average molecular weight is 439 g/mol. The van der Waals surface area contributed by atoms with Crippen LogP contribution < -0.4 is 4.74 Å². The van der Waals surface area contributed by atoms with E-state index >= 15 is 0 Å². The van der Waals surface area contributed by atoms with Crippen LogP contribution in [0.4, 0.5) is 0 Å². The van der Waals surface area contributed by atoms with Gasteiger partial charge in [-0.15, -0.1) is 0 Å². The van der Waals surface area contributed by atoms with Crippen molar-refractivity contribution in [3.63, 3.8) is 0 Å². The van der Waals surface area contributed by atoms with Gasteiger partial charge < -0.3 is 9.47 Å². The smallest absolute Gasteiger partial charge is 0.193 e. The molecule has 0 unspecified atom stereocenters. The molecular formula is C27H31ClO3. The van der Waals surface area contributed by atoms with Crippen LogP contribution in [0.15, 0.2) is 42.5 Å². The van der Waals surface area contributed by atoms with E-state index in [0.717, 1.165) is 11.3 Å². The topological polar surface area (TPSA) is 35.5 Å². The first-order valence-corrected chi connectivity index (χ1v) is 12.3. The Morgan fingerprint density at radius 2 is 1.39 bits per heavy atom. The molecule has 2 aromatic rings. The highest BCUT2D eigenvalue weighted by atomic mass is 35.5. The third-order valence-corrected chi connectivity index (χ3v) is 7.96. The molecule has 2 aromatic carbocycles. The van der Waals surface area contributed by atoms with Crippen molar-refractivity contribution in [1.29, 1.82) is 0 Å². The van der Waals surface area contributed by atoms with Crippen LogP contribution in [0.1, 0.15) is 85.7 Å². The van der Waals surface area contributed by atoms with Gasteiger partial charge in [-0.25, -0.2) is 0 Å². The number of fused-ring (bicyclic) bond motifs is 1. The van der Waals surface area contributed by atoms with E-state index in [1.54, 1.807) is 24.3 Å². The predicted octanol–water partition coefficient (Wildman–Crippen LogP) is 7.29. The van der Waals surface area contributed by atoms with E-state index in [4.69, 9.17) is 21.1 Å². The Hall–Kier alpha value is -1.84. The molecule has 31 heavy (non-hydrogen) atoms. The molecule has 0 atom stereocenters. The number of carbonyl (C=O) groups excluding carboxylic acids is 1. The Balaban J connectivity index is 1.59. The summed E-state index contributed by atoms with van der Waals surface area (Å²) >= 11 is 6.02. The quantitative estimate of drug-likeness (QED) is 0.470. The van der Waals surface area contributed by atoms with Gasteiger partial charge in [-0.3, -0.25) is 4.79 Å². The van der Waals surface area contributed by atoms with Crippen molar-refractivity contribution < 1.29 is 14.3 Å². The molecule has 2 aliphatic carbocycles. The Morgan fingerprint density at radius 3 is 2.00 bits per heavy atom. The van der Waals surface area contributed by atoms with Crippen LogP contribution in [0.25, 0.3) is 0 Å². The van der Waals surface area contributed by atoms with Crippen molar-refractivity contribution in [3.8, 4) is 5.75 Å². The maximum absolute atomic E-state index is 13.3. The fraction of sp³-hybridized carbons (Fsp3) is 0.519. The van der Waals surface area contributed by atoms with Crippen LogP contribution in [0, 0.1) is 11.8 Å². The number of carbonyl (C=O) groups is 1. The van der Waals surface area contributed by atoms with Crippen LogP contribution in [-0.2, 0) is 10.3 Å². The molecule has 164 valence electrons. The molecule has 4 heteroatoms. The van der Waals surface area contributed by atoms with E-state index in [0.29, 0.717) is 34.8 Å². The summed E-state index contributed by atoms with van der Waals surface area (Å²) in [7, 11) is 0. The van der Waals surface area contributed by atoms with Crippen molar-refractivity contribution in [2.45, 2.75) is 69.8 Å². The van der Waals surface area contributed by atoms with Crippen LogP contribution >= 0.6 is 11.6 Å². The summed E-state index contributed by atoms with van der Waals surface area (Å²) in [6.45, 7) is 0.310. The number of ketones is 1. The number of hydrogen-bond donors (Lipinski definition) is 0. The molecule has 0 N–H and O–H groups in total. The molecule has 3 aliphatic rings. The zero-order valence-electron chi connectivity index (χ0n) is 18.1. The van der Waals surface area contributed by atoms with Gasteiger partial charge >= 0.3 is 0 Å². The normalized spacial score (nSPS) is 21.8. The van der Waals surface area contributed by atoms with E-state index < -0.39 is 0 Å². The lowest BCUT2D eigenvalue weighted by atomic mass is 9.62. The van der Waals surface area contributed by atoms with Crippen molar-refractivity contribution >= 4 is 17.4 Å². The second-order valence-electron chi connectivity index (χ2n) is 9.42. The molecule has 3 nitrogen and oxygen atoms in total. The Labute approximate surface area is 190 Å². The van der Waals surface area contributed by atoms with Gasteiger partial charge in [0.1, 0.15) is 11.4 Å². The zero-order chi connectivity index (χ0) is 21.3. The highest BCUT2D eigenvalue weighted by Crippen LogP contribution is 2.55. The second kappa shape index (κ2) is 8.96. The minimum absolute atomic E-state index is 0.0197. The fourth-order valence-electron chi connectivity index (χ4n) is 6.21. The minimum Gasteiger partial charge on any atom is -0.467 e. The van der Waals surface area contributed by atoms with Gasteiger partial charge in [0.15, 0.2) is 12.6 Å². The van der Waals surface area contributed by atoms with E-state index in [2.05, 4.69) is 6.07 Å². The molecular weight excluding hydrogens is 408 g/mol. The van der Waals surface area contributed by atoms with Crippen LogP contribution in [0.5, 0.6) is 5.75 Å². The van der Waals surface area contributed by atoms with Crippen LogP contribution in [0.3, 0.4) is 0 Å². The maximum atomic E-state index is 13.3. The lowest BCUT2D eigenvalue weighted by Crippen LogP contribution is -2.49. The Morgan fingerprint density at radius 1 is 0.806 bits per heavy atom. The second-order valence-corrected chi connectivity index (χ2v) is 9.85. The van der Waals surface area contributed by atoms with E-state index in [9.17, 15) is 4.79 Å². The summed E-state index contributed by atoms with van der Waals surface area (Å²) < 4.78 is 12.6. The van der Waals surface area contributed by atoms with Gasteiger partial charge in [-0.05, 0) is 80.0 Å². The van der Waals surface area contributed by atoms with Gasteiger partial charge in [0.25, 0.3) is 0 Å². The van der Waals surface area contributed by atoms with Gasteiger partial charge in [0, 0.05) is 21.7 Å². The van der Waals surface area contributed by atoms with E-state index in [1.807, 2.05) is 12.1 Å². The van der Waals surface area contributed by atoms with Crippen molar-refractivity contribution in [3.05, 3.63) is 64.2 Å². The highest BCUT2D eigenvalue weighted by Gasteiger charge is 2.51. The first kappa shape index (κ1) is 21.0. The first-order chi connectivity index (χ1) is 15.2. The highest BCUT2D eigenvalue weighted by molar-refractivity contribution is 6.30. The van der Waals surface area contributed by atoms with Crippen LogP contribution in [0.2, 0.25) is 5.02 Å². The van der Waals surface area contributed by atoms with Gasteiger partial charge in [-0.1, -0.05) is 50.1 Å². The standard InChI is InChI=1S/C27H31ClO3/c28-23-14-11-19(12-15-23)26(29)20-13-16-25-24(17-20)27(31-18-30-25,21-7-3-1-4-8-21)22-9-5-2-6-10-22/h11-17,21-22H,1-10,18H2. The van der Waals surface area contributed by atoms with E-state index in [1.165, 1.54) is 64.2 Å². The molecule has 0 amide bonds. The number of ether oxygens (including phenoxy) is 2. The fourth-order valence-corrected chi connectivity index (χ4v) is 6.34. The van der Waals surface area contributed by atoms with Crippen LogP contribution in [-0.4, -0.2) is 12.6 Å². The summed E-state index contributed by atoms with van der Waals surface area (Å²) in [6.07, 6.45) is 12.5. The van der Waals surface area contributed by atoms with Gasteiger partial charge in [0.2, 0.25) is 0 Å². The first-order valence-electron chi connectivity index (χ1n) is 11.9. The molecule has 0 bridgehead atoms. The summed E-state index contributed by atoms with van der Waals surface area (Å²) in [5.41, 5.74) is 2.14. The summed E-state index contributed by atoms with van der Waals surface area (Å²) in [4.78, 5) is 13.3. The van der Waals surface area contributed by atoms with Gasteiger partial charge in [-0.2, -0.15) is 0 Å². The lowest BCUT2D eigenvalue weighted by Gasteiger charge is -2.51. The monoisotopic (exact) mass is 438 g/mol. The molecule has 5 rings (SSSR count). The summed E-state index contributed by atoms with van der Waals surface area (Å²) in [6, 6.07) is 13.1. The number of benzene rings is 2. The zero-order valence-corrected chi connectivity index (χ0v) is 18.8. The number of halogens is 1. The number of hydrogen-bond acceptors (Lipinski definition) is 3. The third kappa shape index (κ3) is 3.91.